The maximum Gasteiger partial charge on any atom is 0.311 e. The van der Waals surface area contributed by atoms with E-state index in [1.807, 2.05) is 6.92 Å². The number of rotatable bonds is 6. The Bertz CT molecular complexity index is 1550. The van der Waals surface area contributed by atoms with Gasteiger partial charge in [-0.25, -0.2) is 0 Å². The van der Waals surface area contributed by atoms with E-state index in [0.717, 1.165) is 64.2 Å². The van der Waals surface area contributed by atoms with Crippen LogP contribution in [0.15, 0.2) is 24.3 Å². The molecule has 250 valence electrons. The van der Waals surface area contributed by atoms with Gasteiger partial charge in [0.1, 0.15) is 5.78 Å². The van der Waals surface area contributed by atoms with Gasteiger partial charge in [0.25, 0.3) is 0 Å². The monoisotopic (exact) mass is 624 g/mol. The number of ketones is 1. The molecule has 4 aliphatic rings. The van der Waals surface area contributed by atoms with Crippen molar-refractivity contribution in [3.8, 4) is 0 Å². The first-order chi connectivity index (χ1) is 21.6. The molecule has 6 rings (SSSR count). The zero-order chi connectivity index (χ0) is 33.4. The fourth-order valence-electron chi connectivity index (χ4n) is 11.6. The standard InChI is InChI=1S/C43H60O3/c1-26(2)33-22-29-13-15-37-40(6,28(5)44)17-11-18-41(37,7)35(29)24-31(33)21-32-25-36-30(23-34(32)27(3)4)14-16-38-42(36,8)19-12-20-43(38,9)39(45)46-10/h22-27,37-38H,11-21H2,1-10H3. The van der Waals surface area contributed by atoms with Gasteiger partial charge >= 0.3 is 5.97 Å². The third-order valence-electron chi connectivity index (χ3n) is 14.3. The van der Waals surface area contributed by atoms with Crippen molar-refractivity contribution >= 4 is 11.8 Å². The maximum absolute atomic E-state index is 13.2. The van der Waals surface area contributed by atoms with Gasteiger partial charge in [-0.2, -0.15) is 0 Å². The van der Waals surface area contributed by atoms with Crippen molar-refractivity contribution in [2.75, 3.05) is 7.11 Å². The number of carbonyl (C=O) groups excluding carboxylic acids is 2. The van der Waals surface area contributed by atoms with Crippen LogP contribution in [0.2, 0.25) is 0 Å². The van der Waals surface area contributed by atoms with Crippen molar-refractivity contribution in [3.05, 3.63) is 68.8 Å². The Hall–Kier alpha value is -2.42. The number of methoxy groups -OCH3 is 1. The van der Waals surface area contributed by atoms with Crippen LogP contribution in [0.5, 0.6) is 0 Å². The molecule has 3 nitrogen and oxygen atoms in total. The second kappa shape index (κ2) is 11.6. The molecular weight excluding hydrogens is 564 g/mol. The highest BCUT2D eigenvalue weighted by molar-refractivity contribution is 5.83. The van der Waals surface area contributed by atoms with Crippen molar-refractivity contribution in [1.29, 1.82) is 0 Å². The number of fused-ring (bicyclic) bond motifs is 6. The minimum Gasteiger partial charge on any atom is -0.469 e. The zero-order valence-electron chi connectivity index (χ0n) is 30.6. The molecule has 0 amide bonds. The molecule has 0 saturated heterocycles. The van der Waals surface area contributed by atoms with E-state index < -0.39 is 5.41 Å². The number of esters is 1. The van der Waals surface area contributed by atoms with Crippen molar-refractivity contribution < 1.29 is 14.3 Å². The Kier molecular flexibility index (Phi) is 8.46. The average molecular weight is 625 g/mol. The smallest absolute Gasteiger partial charge is 0.311 e. The van der Waals surface area contributed by atoms with E-state index >= 15 is 0 Å². The van der Waals surface area contributed by atoms with E-state index in [1.54, 1.807) is 7.11 Å². The van der Waals surface area contributed by atoms with Gasteiger partial charge in [-0.1, -0.05) is 85.6 Å². The molecule has 6 unspecified atom stereocenters. The van der Waals surface area contributed by atoms with Gasteiger partial charge in [0.15, 0.2) is 0 Å². The predicted octanol–water partition coefficient (Wildman–Crippen LogP) is 10.3. The van der Waals surface area contributed by atoms with E-state index in [2.05, 4.69) is 79.7 Å². The van der Waals surface area contributed by atoms with Crippen LogP contribution in [0.25, 0.3) is 0 Å². The van der Waals surface area contributed by atoms with Crippen LogP contribution >= 0.6 is 0 Å². The molecule has 3 heteroatoms. The van der Waals surface area contributed by atoms with Gasteiger partial charge in [0, 0.05) is 5.41 Å². The van der Waals surface area contributed by atoms with Gasteiger partial charge in [-0.05, 0) is 151 Å². The molecule has 2 saturated carbocycles. The third kappa shape index (κ3) is 4.95. The Balaban J connectivity index is 1.47. The molecule has 0 spiro atoms. The Morgan fingerprint density at radius 1 is 0.717 bits per heavy atom. The predicted molar refractivity (Wildman–Crippen MR) is 189 cm³/mol. The third-order valence-corrected chi connectivity index (χ3v) is 14.3. The topological polar surface area (TPSA) is 43.4 Å². The lowest BCUT2D eigenvalue weighted by Crippen LogP contribution is -2.52. The van der Waals surface area contributed by atoms with Crippen LogP contribution in [0.1, 0.15) is 170 Å². The Morgan fingerprint density at radius 3 is 1.57 bits per heavy atom. The highest BCUT2D eigenvalue weighted by Gasteiger charge is 2.56. The maximum atomic E-state index is 13.2. The summed E-state index contributed by atoms with van der Waals surface area (Å²) in [6, 6.07) is 10.3. The summed E-state index contributed by atoms with van der Waals surface area (Å²) in [5, 5.41) is 0. The van der Waals surface area contributed by atoms with Crippen molar-refractivity contribution in [3.63, 3.8) is 0 Å². The van der Waals surface area contributed by atoms with Crippen LogP contribution in [-0.4, -0.2) is 18.9 Å². The quantitative estimate of drug-likeness (QED) is 0.300. The number of aryl methyl sites for hydroxylation is 2. The van der Waals surface area contributed by atoms with Gasteiger partial charge in [0.05, 0.1) is 12.5 Å². The lowest BCUT2D eigenvalue weighted by molar-refractivity contribution is -0.161. The van der Waals surface area contributed by atoms with Gasteiger partial charge in [-0.3, -0.25) is 9.59 Å². The summed E-state index contributed by atoms with van der Waals surface area (Å²) >= 11 is 0. The zero-order valence-corrected chi connectivity index (χ0v) is 30.6. The van der Waals surface area contributed by atoms with E-state index in [4.69, 9.17) is 4.74 Å². The molecule has 6 atom stereocenters. The molecule has 0 N–H and O–H groups in total. The number of ether oxygens (including phenoxy) is 1. The summed E-state index contributed by atoms with van der Waals surface area (Å²) in [7, 11) is 1.56. The first-order valence-electron chi connectivity index (χ1n) is 18.5. The van der Waals surface area contributed by atoms with Crippen molar-refractivity contribution in [2.24, 2.45) is 22.7 Å². The summed E-state index contributed by atoms with van der Waals surface area (Å²) in [6.45, 7) is 20.6. The number of hydrogen-bond acceptors (Lipinski definition) is 3. The molecule has 0 bridgehead atoms. The summed E-state index contributed by atoms with van der Waals surface area (Å²) in [4.78, 5) is 26.3. The van der Waals surface area contributed by atoms with Crippen LogP contribution in [0.3, 0.4) is 0 Å². The molecule has 46 heavy (non-hydrogen) atoms. The number of carbonyl (C=O) groups is 2. The van der Waals surface area contributed by atoms with Crippen molar-refractivity contribution in [2.45, 2.75) is 156 Å². The number of hydrogen-bond donors (Lipinski definition) is 0. The molecular formula is C43H60O3. The van der Waals surface area contributed by atoms with E-state index in [-0.39, 0.29) is 22.2 Å². The molecule has 2 fully saturated rings. The van der Waals surface area contributed by atoms with E-state index in [9.17, 15) is 9.59 Å². The highest BCUT2D eigenvalue weighted by Crippen LogP contribution is 2.59. The van der Waals surface area contributed by atoms with Crippen molar-refractivity contribution in [1.82, 2.24) is 0 Å². The van der Waals surface area contributed by atoms with Crippen LogP contribution in [-0.2, 0) is 44.4 Å². The molecule has 4 aliphatic carbocycles. The minimum absolute atomic E-state index is 0.0306. The summed E-state index contributed by atoms with van der Waals surface area (Å²) in [6.07, 6.45) is 11.6. The molecule has 0 radical (unpaired) electrons. The first kappa shape index (κ1) is 33.5. The Labute approximate surface area is 279 Å². The molecule has 2 aromatic carbocycles. The number of Topliss-reactive ketones (excluding diaryl/α,β-unsaturated/α-hetero) is 1. The van der Waals surface area contributed by atoms with E-state index in [1.165, 1.54) is 50.9 Å². The SMILES string of the molecule is COC(=O)C1(C)CCCC2(C)c3cc(Cc4cc5c(cc4C(C)C)CCC4C(C)(C(C)=O)CCCC54C)c(C(C)C)cc3CCC12. The molecule has 2 aromatic rings. The fraction of sp³-hybridized carbons (Fsp3) is 0.674. The molecule has 0 heterocycles. The average Bonchev–Trinajstić information content (AvgIpc) is 3.00. The van der Waals surface area contributed by atoms with Crippen LogP contribution in [0.4, 0.5) is 0 Å². The van der Waals surface area contributed by atoms with Gasteiger partial charge in [-0.15, -0.1) is 0 Å². The van der Waals surface area contributed by atoms with Gasteiger partial charge < -0.3 is 4.74 Å². The number of benzene rings is 2. The summed E-state index contributed by atoms with van der Waals surface area (Å²) in [5.41, 5.74) is 11.3. The largest absolute Gasteiger partial charge is 0.469 e. The minimum atomic E-state index is -0.431. The second-order valence-electron chi connectivity index (χ2n) is 17.5. The fourth-order valence-corrected chi connectivity index (χ4v) is 11.6. The van der Waals surface area contributed by atoms with Gasteiger partial charge in [0.2, 0.25) is 0 Å². The van der Waals surface area contributed by atoms with E-state index in [0.29, 0.717) is 29.5 Å². The normalized spacial score (nSPS) is 33.6. The Morgan fingerprint density at radius 2 is 1.15 bits per heavy atom. The summed E-state index contributed by atoms with van der Waals surface area (Å²) in [5.74, 6) is 1.92. The lowest BCUT2D eigenvalue weighted by atomic mass is 9.48. The summed E-state index contributed by atoms with van der Waals surface area (Å²) < 4.78 is 5.42. The first-order valence-corrected chi connectivity index (χ1v) is 18.5. The van der Waals surface area contributed by atoms with Crippen LogP contribution in [0, 0.1) is 22.7 Å². The lowest BCUT2D eigenvalue weighted by Gasteiger charge is -2.54. The molecule has 0 aliphatic heterocycles. The van der Waals surface area contributed by atoms with Crippen LogP contribution < -0.4 is 0 Å². The molecule has 0 aromatic heterocycles. The second-order valence-corrected chi connectivity index (χ2v) is 17.5. The highest BCUT2D eigenvalue weighted by atomic mass is 16.5.